The van der Waals surface area contributed by atoms with Gasteiger partial charge in [0.05, 0.1) is 19.8 Å². The fourth-order valence-electron chi connectivity index (χ4n) is 5.38. The van der Waals surface area contributed by atoms with Crippen LogP contribution in [0, 0.1) is 0 Å². The molecule has 0 aromatic heterocycles. The summed E-state index contributed by atoms with van der Waals surface area (Å²) in [5, 5.41) is 30.0. The van der Waals surface area contributed by atoms with Crippen LogP contribution >= 0.6 is 0 Å². The summed E-state index contributed by atoms with van der Waals surface area (Å²) in [6.45, 7) is 4.60. The van der Waals surface area contributed by atoms with Crippen molar-refractivity contribution in [2.45, 2.75) is 206 Å². The third-order valence-corrected chi connectivity index (χ3v) is 8.21. The van der Waals surface area contributed by atoms with Crippen molar-refractivity contribution < 1.29 is 24.8 Å². The SMILES string of the molecule is CCCCCCCCCCCCCCCCOC(O)(OCCCCCCCCCCCCCCCC)C(O)CO. The molecule has 1 unspecified atom stereocenters. The fourth-order valence-corrected chi connectivity index (χ4v) is 5.38. The van der Waals surface area contributed by atoms with Crippen molar-refractivity contribution in [3.05, 3.63) is 0 Å². The van der Waals surface area contributed by atoms with Gasteiger partial charge in [-0.2, -0.15) is 0 Å². The average Bonchev–Trinajstić information content (AvgIpc) is 2.96. The van der Waals surface area contributed by atoms with Gasteiger partial charge in [0.2, 0.25) is 0 Å². The highest BCUT2D eigenvalue weighted by atomic mass is 16.8. The number of rotatable bonds is 34. The molecule has 0 amide bonds. The second-order valence-electron chi connectivity index (χ2n) is 12.2. The Kier molecular flexibility index (Phi) is 31.6. The number of unbranched alkanes of at least 4 members (excludes halogenated alkanes) is 26. The zero-order valence-corrected chi connectivity index (χ0v) is 27.2. The van der Waals surface area contributed by atoms with E-state index in [0.29, 0.717) is 13.2 Å². The molecular formula is C35H72O5. The van der Waals surface area contributed by atoms with Crippen LogP contribution in [0.4, 0.5) is 0 Å². The molecule has 0 saturated carbocycles. The van der Waals surface area contributed by atoms with E-state index < -0.39 is 18.7 Å². The molecule has 40 heavy (non-hydrogen) atoms. The van der Waals surface area contributed by atoms with Gasteiger partial charge in [-0.25, -0.2) is 0 Å². The molecule has 0 aromatic carbocycles. The summed E-state index contributed by atoms with van der Waals surface area (Å²) in [5.41, 5.74) is 0. The van der Waals surface area contributed by atoms with E-state index >= 15 is 0 Å². The van der Waals surface area contributed by atoms with Crippen LogP contribution in [0.15, 0.2) is 0 Å². The van der Waals surface area contributed by atoms with E-state index in [1.165, 1.54) is 154 Å². The van der Waals surface area contributed by atoms with E-state index in [4.69, 9.17) is 9.47 Å². The van der Waals surface area contributed by atoms with Crippen LogP contribution in [-0.4, -0.2) is 47.2 Å². The standard InChI is InChI=1S/C35H72O5/c1-3-5-7-9-11-13-15-17-19-21-23-25-27-29-31-39-35(38,34(37)33-36)40-32-30-28-26-24-22-20-18-16-14-12-10-8-6-4-2/h34,36-38H,3-33H2,1-2H3. The van der Waals surface area contributed by atoms with Gasteiger partial charge >= 0.3 is 5.97 Å². The van der Waals surface area contributed by atoms with Gasteiger partial charge in [0.25, 0.3) is 0 Å². The largest absolute Gasteiger partial charge is 0.393 e. The monoisotopic (exact) mass is 573 g/mol. The lowest BCUT2D eigenvalue weighted by molar-refractivity contribution is -0.398. The third kappa shape index (κ3) is 26.7. The number of hydrogen-bond acceptors (Lipinski definition) is 5. The van der Waals surface area contributed by atoms with Crippen molar-refractivity contribution in [1.29, 1.82) is 0 Å². The Morgan fingerprint density at radius 1 is 0.425 bits per heavy atom. The smallest absolute Gasteiger partial charge is 0.310 e. The maximum Gasteiger partial charge on any atom is 0.310 e. The van der Waals surface area contributed by atoms with Crippen LogP contribution in [0.3, 0.4) is 0 Å². The second kappa shape index (κ2) is 31.7. The Labute approximate surface area is 250 Å². The molecule has 0 aliphatic carbocycles. The van der Waals surface area contributed by atoms with Crippen molar-refractivity contribution >= 4 is 0 Å². The fraction of sp³-hybridized carbons (Fsp3) is 1.00. The van der Waals surface area contributed by atoms with Gasteiger partial charge in [-0.3, -0.25) is 0 Å². The van der Waals surface area contributed by atoms with Crippen molar-refractivity contribution in [2.75, 3.05) is 19.8 Å². The Morgan fingerprint density at radius 3 is 0.875 bits per heavy atom. The number of ether oxygens (including phenoxy) is 2. The maximum absolute atomic E-state index is 10.6. The van der Waals surface area contributed by atoms with Gasteiger partial charge in [0, 0.05) is 0 Å². The summed E-state index contributed by atoms with van der Waals surface area (Å²) in [7, 11) is 0. The lowest BCUT2D eigenvalue weighted by Crippen LogP contribution is -2.49. The lowest BCUT2D eigenvalue weighted by atomic mass is 10.0. The minimum absolute atomic E-state index is 0.324. The number of aliphatic hydroxyl groups is 3. The Hall–Kier alpha value is -0.200. The highest BCUT2D eigenvalue weighted by Crippen LogP contribution is 2.19. The highest BCUT2D eigenvalue weighted by molar-refractivity contribution is 4.67. The molecular weight excluding hydrogens is 500 g/mol. The van der Waals surface area contributed by atoms with Crippen molar-refractivity contribution in [3.63, 3.8) is 0 Å². The first-order valence-electron chi connectivity index (χ1n) is 17.9. The molecule has 0 saturated heterocycles. The van der Waals surface area contributed by atoms with Crippen LogP contribution in [0.2, 0.25) is 0 Å². The van der Waals surface area contributed by atoms with Gasteiger partial charge in [-0.05, 0) is 12.8 Å². The molecule has 5 nitrogen and oxygen atoms in total. The molecule has 0 aliphatic rings. The van der Waals surface area contributed by atoms with E-state index in [9.17, 15) is 15.3 Å². The maximum atomic E-state index is 10.6. The third-order valence-electron chi connectivity index (χ3n) is 8.21. The van der Waals surface area contributed by atoms with Crippen LogP contribution in [0.25, 0.3) is 0 Å². The normalized spacial score (nSPS) is 12.8. The topological polar surface area (TPSA) is 79.2 Å². The summed E-state index contributed by atoms with van der Waals surface area (Å²) >= 11 is 0. The summed E-state index contributed by atoms with van der Waals surface area (Å²) in [6, 6.07) is 0. The molecule has 0 fully saturated rings. The molecule has 3 N–H and O–H groups in total. The molecule has 0 bridgehead atoms. The minimum atomic E-state index is -2.11. The lowest BCUT2D eigenvalue weighted by Gasteiger charge is -2.31. The van der Waals surface area contributed by atoms with E-state index in [-0.39, 0.29) is 0 Å². The quantitative estimate of drug-likeness (QED) is 0.0528. The average molecular weight is 573 g/mol. The van der Waals surface area contributed by atoms with E-state index in [1.54, 1.807) is 0 Å². The summed E-state index contributed by atoms with van der Waals surface area (Å²) < 4.78 is 11.1. The number of hydrogen-bond donors (Lipinski definition) is 3. The summed E-state index contributed by atoms with van der Waals surface area (Å²) in [5.74, 6) is -2.11. The molecule has 0 radical (unpaired) electrons. The minimum Gasteiger partial charge on any atom is -0.393 e. The summed E-state index contributed by atoms with van der Waals surface area (Å²) in [6.07, 6.45) is 34.5. The van der Waals surface area contributed by atoms with Gasteiger partial charge in [-0.1, -0.05) is 181 Å². The zero-order chi connectivity index (χ0) is 29.4. The number of aliphatic hydroxyl groups excluding tert-OH is 2. The van der Waals surface area contributed by atoms with Crippen LogP contribution in [0.5, 0.6) is 0 Å². The Bertz CT molecular complexity index is 439. The van der Waals surface area contributed by atoms with Gasteiger partial charge < -0.3 is 24.8 Å². The Balaban J connectivity index is 3.63. The molecule has 1 atom stereocenters. The van der Waals surface area contributed by atoms with Crippen LogP contribution in [0.1, 0.15) is 194 Å². The second-order valence-corrected chi connectivity index (χ2v) is 12.2. The van der Waals surface area contributed by atoms with Gasteiger partial charge in [0.15, 0.2) is 6.10 Å². The molecule has 242 valence electrons. The van der Waals surface area contributed by atoms with Crippen molar-refractivity contribution in [2.24, 2.45) is 0 Å². The summed E-state index contributed by atoms with van der Waals surface area (Å²) in [4.78, 5) is 0. The molecule has 0 rings (SSSR count). The molecule has 5 heteroatoms. The van der Waals surface area contributed by atoms with Gasteiger partial charge in [0.1, 0.15) is 0 Å². The highest BCUT2D eigenvalue weighted by Gasteiger charge is 2.38. The van der Waals surface area contributed by atoms with Gasteiger partial charge in [-0.15, -0.1) is 0 Å². The van der Waals surface area contributed by atoms with E-state index in [0.717, 1.165) is 25.7 Å². The molecule has 0 spiro atoms. The molecule has 0 heterocycles. The molecule has 0 aliphatic heterocycles. The first kappa shape index (κ1) is 39.8. The molecule has 0 aromatic rings. The first-order valence-corrected chi connectivity index (χ1v) is 17.9. The van der Waals surface area contributed by atoms with Crippen LogP contribution < -0.4 is 0 Å². The zero-order valence-electron chi connectivity index (χ0n) is 27.2. The Morgan fingerprint density at radius 2 is 0.650 bits per heavy atom. The van der Waals surface area contributed by atoms with E-state index in [2.05, 4.69) is 13.8 Å². The van der Waals surface area contributed by atoms with Crippen molar-refractivity contribution in [3.8, 4) is 0 Å². The van der Waals surface area contributed by atoms with Crippen molar-refractivity contribution in [1.82, 2.24) is 0 Å². The first-order chi connectivity index (χ1) is 19.6. The van der Waals surface area contributed by atoms with E-state index in [1.807, 2.05) is 0 Å². The predicted octanol–water partition coefficient (Wildman–Crippen LogP) is 9.98. The van der Waals surface area contributed by atoms with Crippen LogP contribution in [-0.2, 0) is 9.47 Å². The predicted molar refractivity (Wildman–Crippen MR) is 171 cm³/mol.